The van der Waals surface area contributed by atoms with E-state index in [9.17, 15) is 14.7 Å². The maximum Gasteiger partial charge on any atom is 0.406 e. The van der Waals surface area contributed by atoms with Crippen LogP contribution in [0.15, 0.2) is 60.7 Å². The summed E-state index contributed by atoms with van der Waals surface area (Å²) in [5, 5.41) is 19.2. The highest BCUT2D eigenvalue weighted by Gasteiger charge is 2.43. The molecule has 2 atom stereocenters. The predicted octanol–water partition coefficient (Wildman–Crippen LogP) is 6.17. The van der Waals surface area contributed by atoms with Crippen molar-refractivity contribution in [3.63, 3.8) is 0 Å². The summed E-state index contributed by atoms with van der Waals surface area (Å²) in [6, 6.07) is 19.5. The zero-order valence-electron chi connectivity index (χ0n) is 26.1. The van der Waals surface area contributed by atoms with Crippen molar-refractivity contribution in [3.05, 3.63) is 87.9 Å². The lowest BCUT2D eigenvalue weighted by Crippen LogP contribution is -2.48. The number of amides is 2. The van der Waals surface area contributed by atoms with Crippen LogP contribution in [0.5, 0.6) is 5.75 Å². The Balaban J connectivity index is 1.71. The van der Waals surface area contributed by atoms with Crippen molar-refractivity contribution in [1.82, 2.24) is 15.5 Å². The van der Waals surface area contributed by atoms with Gasteiger partial charge in [-0.15, -0.1) is 0 Å². The maximum atomic E-state index is 13.9. The molecular formula is C35H44ClN3O5. The van der Waals surface area contributed by atoms with E-state index in [0.29, 0.717) is 55.4 Å². The highest BCUT2D eigenvalue weighted by atomic mass is 35.5. The normalized spacial score (nSPS) is 16.2. The van der Waals surface area contributed by atoms with Gasteiger partial charge in [0.25, 0.3) is 5.91 Å². The number of likely N-dealkylation sites (tertiary alicyclic amines) is 1. The number of aliphatic hydroxyl groups is 1. The van der Waals surface area contributed by atoms with Crippen LogP contribution in [0.4, 0.5) is 4.79 Å². The number of hydrogen-bond acceptors (Lipinski definition) is 6. The number of benzene rings is 3. The van der Waals surface area contributed by atoms with Gasteiger partial charge in [-0.1, -0.05) is 61.0 Å². The first kappa shape index (κ1) is 33.3. The lowest BCUT2D eigenvalue weighted by molar-refractivity contribution is -0.0563. The van der Waals surface area contributed by atoms with Gasteiger partial charge in [0, 0.05) is 42.7 Å². The third-order valence-electron chi connectivity index (χ3n) is 8.55. The Kier molecular flexibility index (Phi) is 11.7. The molecule has 8 nitrogen and oxygen atoms in total. The molecule has 0 aromatic heterocycles. The Morgan fingerprint density at radius 2 is 1.89 bits per heavy atom. The molecule has 0 spiro atoms. The van der Waals surface area contributed by atoms with Crippen LogP contribution in [0.1, 0.15) is 59.7 Å². The molecule has 1 unspecified atom stereocenters. The van der Waals surface area contributed by atoms with Crippen LogP contribution in [-0.4, -0.2) is 62.9 Å². The average molecular weight is 622 g/mol. The molecule has 1 saturated heterocycles. The number of halogens is 1. The van der Waals surface area contributed by atoms with Crippen molar-refractivity contribution >= 4 is 23.6 Å². The third-order valence-corrected chi connectivity index (χ3v) is 8.87. The summed E-state index contributed by atoms with van der Waals surface area (Å²) in [7, 11) is 4.77. The molecule has 0 bridgehead atoms. The molecule has 3 aromatic carbocycles. The van der Waals surface area contributed by atoms with E-state index in [2.05, 4.69) is 29.7 Å². The summed E-state index contributed by atoms with van der Waals surface area (Å²) < 4.78 is 10.3. The number of rotatable bonds is 12. The molecule has 236 valence electrons. The fourth-order valence-electron chi connectivity index (χ4n) is 6.25. The smallest absolute Gasteiger partial charge is 0.406 e. The quantitative estimate of drug-likeness (QED) is 0.209. The molecule has 3 N–H and O–H groups in total. The molecule has 1 aliphatic rings. The van der Waals surface area contributed by atoms with Gasteiger partial charge in [-0.05, 0) is 79.6 Å². The van der Waals surface area contributed by atoms with Gasteiger partial charge in [-0.2, -0.15) is 0 Å². The Labute approximate surface area is 265 Å². The van der Waals surface area contributed by atoms with Crippen LogP contribution in [0.2, 0.25) is 5.02 Å². The fraction of sp³-hybridized carbons (Fsp3) is 0.429. The summed E-state index contributed by atoms with van der Waals surface area (Å²) in [6.45, 7) is 4.05. The molecule has 1 aliphatic heterocycles. The van der Waals surface area contributed by atoms with Crippen molar-refractivity contribution in [3.8, 4) is 16.9 Å². The van der Waals surface area contributed by atoms with E-state index in [1.165, 1.54) is 12.7 Å². The summed E-state index contributed by atoms with van der Waals surface area (Å²) in [4.78, 5) is 27.5. The Morgan fingerprint density at radius 1 is 1.09 bits per heavy atom. The van der Waals surface area contributed by atoms with Gasteiger partial charge in [0.15, 0.2) is 0 Å². The second-order valence-corrected chi connectivity index (χ2v) is 11.7. The lowest BCUT2D eigenvalue weighted by atomic mass is 9.72. The van der Waals surface area contributed by atoms with E-state index < -0.39 is 11.7 Å². The predicted molar refractivity (Wildman–Crippen MR) is 174 cm³/mol. The van der Waals surface area contributed by atoms with Crippen LogP contribution in [0, 0.1) is 5.92 Å². The Bertz CT molecular complexity index is 1450. The molecular weight excluding hydrogens is 578 g/mol. The van der Waals surface area contributed by atoms with E-state index in [1.54, 1.807) is 7.11 Å². The summed E-state index contributed by atoms with van der Waals surface area (Å²) >= 11 is 6.89. The monoisotopic (exact) mass is 621 g/mol. The minimum absolute atomic E-state index is 0.126. The molecule has 1 heterocycles. The number of methoxy groups -OCH3 is 2. The average Bonchev–Trinajstić information content (AvgIpc) is 3.06. The van der Waals surface area contributed by atoms with Crippen molar-refractivity contribution in [2.24, 2.45) is 5.92 Å². The van der Waals surface area contributed by atoms with Crippen LogP contribution in [-0.2, 0) is 23.3 Å². The first-order valence-corrected chi connectivity index (χ1v) is 15.7. The molecule has 9 heteroatoms. The highest BCUT2D eigenvalue weighted by Crippen LogP contribution is 2.46. The zero-order chi connectivity index (χ0) is 31.7. The van der Waals surface area contributed by atoms with Crippen LogP contribution < -0.4 is 15.4 Å². The SMILES string of the molecule is CCc1cccc(-c2c(Cl)cccc2C(O)(CCCNC(=O)OC)[C@@H]2CCCN(C(=O)c3ccc(CNC)cc3OC)C2)c1. The van der Waals surface area contributed by atoms with Crippen LogP contribution in [0.25, 0.3) is 11.1 Å². The van der Waals surface area contributed by atoms with E-state index in [4.69, 9.17) is 21.1 Å². The summed E-state index contributed by atoms with van der Waals surface area (Å²) in [6.07, 6.45) is 2.67. The van der Waals surface area contributed by atoms with Crippen molar-refractivity contribution in [2.45, 2.75) is 51.2 Å². The molecule has 44 heavy (non-hydrogen) atoms. The highest BCUT2D eigenvalue weighted by molar-refractivity contribution is 6.33. The topological polar surface area (TPSA) is 100 Å². The fourth-order valence-corrected chi connectivity index (χ4v) is 6.54. The molecule has 3 aromatic rings. The maximum absolute atomic E-state index is 13.9. The molecule has 1 fully saturated rings. The zero-order valence-corrected chi connectivity index (χ0v) is 26.9. The second kappa shape index (κ2) is 15.4. The molecule has 0 aliphatic carbocycles. The number of ether oxygens (including phenoxy) is 2. The number of aryl methyl sites for hydroxylation is 1. The third kappa shape index (κ3) is 7.54. The van der Waals surface area contributed by atoms with E-state index >= 15 is 0 Å². The Morgan fingerprint density at radius 3 is 2.61 bits per heavy atom. The van der Waals surface area contributed by atoms with Gasteiger partial charge in [0.05, 0.1) is 25.4 Å². The van der Waals surface area contributed by atoms with E-state index in [0.717, 1.165) is 41.5 Å². The summed E-state index contributed by atoms with van der Waals surface area (Å²) in [5.41, 5.74) is 3.81. The molecule has 4 rings (SSSR count). The molecule has 0 radical (unpaired) electrons. The number of carbonyl (C=O) groups excluding carboxylic acids is 2. The second-order valence-electron chi connectivity index (χ2n) is 11.3. The van der Waals surface area contributed by atoms with Crippen LogP contribution in [0.3, 0.4) is 0 Å². The van der Waals surface area contributed by atoms with Gasteiger partial charge >= 0.3 is 6.09 Å². The number of piperidine rings is 1. The first-order valence-electron chi connectivity index (χ1n) is 15.3. The first-order chi connectivity index (χ1) is 21.2. The minimum Gasteiger partial charge on any atom is -0.496 e. The number of carbonyl (C=O) groups is 2. The Hall–Kier alpha value is -3.59. The van der Waals surface area contributed by atoms with E-state index in [-0.39, 0.29) is 11.8 Å². The van der Waals surface area contributed by atoms with E-state index in [1.807, 2.05) is 60.5 Å². The van der Waals surface area contributed by atoms with Crippen molar-refractivity contribution < 1.29 is 24.2 Å². The number of hydrogen-bond donors (Lipinski definition) is 3. The number of alkyl carbamates (subject to hydrolysis) is 1. The molecule has 0 saturated carbocycles. The van der Waals surface area contributed by atoms with Gasteiger partial charge in [0.2, 0.25) is 0 Å². The molecule has 2 amide bonds. The van der Waals surface area contributed by atoms with Gasteiger partial charge < -0.3 is 30.1 Å². The van der Waals surface area contributed by atoms with Crippen molar-refractivity contribution in [2.75, 3.05) is 40.9 Å². The van der Waals surface area contributed by atoms with Gasteiger partial charge in [-0.25, -0.2) is 4.79 Å². The van der Waals surface area contributed by atoms with Crippen LogP contribution >= 0.6 is 11.6 Å². The minimum atomic E-state index is -1.33. The largest absolute Gasteiger partial charge is 0.496 e. The van der Waals surface area contributed by atoms with Gasteiger partial charge in [0.1, 0.15) is 5.75 Å². The number of nitrogens with one attached hydrogen (secondary N) is 2. The lowest BCUT2D eigenvalue weighted by Gasteiger charge is -2.44. The summed E-state index contributed by atoms with van der Waals surface area (Å²) in [5.74, 6) is 0.126. The van der Waals surface area contributed by atoms with Crippen molar-refractivity contribution in [1.29, 1.82) is 0 Å². The number of nitrogens with zero attached hydrogens (tertiary/aromatic N) is 1. The standard InChI is InChI=1S/C35H44ClN3O5/c1-5-24-10-6-11-26(20-24)32-29(13-7-14-30(32)36)35(42,17-9-18-38-34(41)44-4)27-12-8-19-39(23-27)33(40)28-16-15-25(22-37-2)21-31(28)43-3/h6-7,10-11,13-16,20-21,27,37,42H,5,8-9,12,17-19,22-23H2,1-4H3,(H,38,41)/t27-,35?/m1/s1. The van der Waals surface area contributed by atoms with Gasteiger partial charge in [-0.3, -0.25) is 4.79 Å².